The minimum absolute atomic E-state index is 0.0475. The summed E-state index contributed by atoms with van der Waals surface area (Å²) in [5.74, 6) is -5.31. The van der Waals surface area contributed by atoms with E-state index in [0.29, 0.717) is 0 Å². The van der Waals surface area contributed by atoms with E-state index >= 15 is 0 Å². The molecule has 0 amide bonds. The van der Waals surface area contributed by atoms with Crippen molar-refractivity contribution in [1.82, 2.24) is 0 Å². The van der Waals surface area contributed by atoms with E-state index in [0.717, 1.165) is 54.6 Å². The third-order valence-electron chi connectivity index (χ3n) is 9.89. The van der Waals surface area contributed by atoms with Crippen LogP contribution in [0.5, 0.6) is 34.5 Å². The SMILES string of the molecule is N#[N+]c1ccc2c(S(=O)(=O)Oc3cccc(C(=O)c4ccc(OS(=O)(=O)c5cccc6c([O-])c([N+]#N)ccc56)c(OS(=O)(=O)c5cccc6c([O-])c([N+]#N)ccc56)c4)c3)cccc2c1[O-]. The summed E-state index contributed by atoms with van der Waals surface area (Å²) in [6.45, 7) is 0. The molecule has 0 atom stereocenters. The van der Waals surface area contributed by atoms with E-state index in [1.54, 1.807) is 0 Å². The number of carbonyl (C=O) groups excluding carboxylic acids is 1. The lowest BCUT2D eigenvalue weighted by Crippen LogP contribution is -2.15. The molecule has 8 rings (SSSR count). The van der Waals surface area contributed by atoms with Crippen molar-refractivity contribution in [2.24, 2.45) is 0 Å². The molecule has 0 aliphatic carbocycles. The highest BCUT2D eigenvalue weighted by molar-refractivity contribution is 7.88. The van der Waals surface area contributed by atoms with E-state index in [9.17, 15) is 56.2 Å². The Morgan fingerprint density at radius 2 is 0.800 bits per heavy atom. The van der Waals surface area contributed by atoms with Crippen LogP contribution in [0.15, 0.2) is 148 Å². The van der Waals surface area contributed by atoms with Gasteiger partial charge in [-0.25, -0.2) is 0 Å². The van der Waals surface area contributed by atoms with Gasteiger partial charge in [0.05, 0.1) is 0 Å². The zero-order valence-corrected chi connectivity index (χ0v) is 34.9. The molecule has 0 bridgehead atoms. The Bertz CT molecular complexity index is 3860. The summed E-state index contributed by atoms with van der Waals surface area (Å²) in [6.07, 6.45) is 0. The Kier molecular flexibility index (Phi) is 10.6. The van der Waals surface area contributed by atoms with Gasteiger partial charge in [0.1, 0.15) is 20.4 Å². The third-order valence-corrected chi connectivity index (χ3v) is 13.8. The first-order valence-corrected chi connectivity index (χ1v) is 22.6. The number of diazo groups is 3. The topological polar surface area (TPSA) is 301 Å². The molecule has 19 nitrogen and oxygen atoms in total. The van der Waals surface area contributed by atoms with Crippen molar-refractivity contribution in [3.05, 3.63) is 160 Å². The van der Waals surface area contributed by atoms with Gasteiger partial charge in [0, 0.05) is 45.5 Å². The molecule has 0 aromatic heterocycles. The maximum absolute atomic E-state index is 14.1. The standard InChI is InChI=1S/C43H22N6O13S3/c44-47-32-17-14-26-29(41(32)51)7-2-10-37(26)63(54,55)60-25-6-1-5-23(21-25)40(50)24-13-20-35(61-64(56,57)38-11-3-8-30-27(38)15-18-33(48-45)42(30)52)36(22-24)62-65(58,59)39-12-4-9-31-28(39)16-19-34(49-46)43(31)53/h1-22H. The minimum Gasteiger partial charge on any atom is -0.867 e. The zero-order valence-electron chi connectivity index (χ0n) is 32.4. The number of nitrogens with zero attached hydrogens (tertiary/aromatic N) is 6. The number of benzene rings is 8. The summed E-state index contributed by atoms with van der Waals surface area (Å²) in [4.78, 5) is 21.2. The lowest BCUT2D eigenvalue weighted by Gasteiger charge is -2.16. The smallest absolute Gasteiger partial charge is 0.378 e. The number of rotatable bonds is 11. The maximum atomic E-state index is 14.1. The number of fused-ring (bicyclic) bond motifs is 3. The molecule has 0 saturated heterocycles. The lowest BCUT2D eigenvalue weighted by molar-refractivity contribution is -0.265. The second-order valence-electron chi connectivity index (χ2n) is 13.7. The van der Waals surface area contributed by atoms with Gasteiger partial charge in [-0.15, -0.1) is 0 Å². The van der Waals surface area contributed by atoms with Gasteiger partial charge in [-0.1, -0.05) is 48.5 Å². The van der Waals surface area contributed by atoms with Crippen LogP contribution in [-0.4, -0.2) is 31.0 Å². The van der Waals surface area contributed by atoms with Crippen LogP contribution in [0.3, 0.4) is 0 Å². The second kappa shape index (κ2) is 16.1. The highest BCUT2D eigenvalue weighted by Gasteiger charge is 2.29. The van der Waals surface area contributed by atoms with E-state index in [1.807, 2.05) is 0 Å². The van der Waals surface area contributed by atoms with Gasteiger partial charge in [-0.05, 0) is 100 Å². The number of hydrogen-bond donors (Lipinski definition) is 0. The van der Waals surface area contributed by atoms with Crippen LogP contribution in [0, 0.1) is 16.2 Å². The summed E-state index contributed by atoms with van der Waals surface area (Å²) in [7, 11) is -14.8. The number of carbonyl (C=O) groups is 1. The van der Waals surface area contributed by atoms with E-state index in [2.05, 4.69) is 14.9 Å². The highest BCUT2D eigenvalue weighted by Crippen LogP contribution is 2.41. The summed E-state index contributed by atoms with van der Waals surface area (Å²) < 4.78 is 99.4. The molecule has 8 aromatic rings. The largest absolute Gasteiger partial charge is 0.867 e. The van der Waals surface area contributed by atoms with Crippen LogP contribution in [0.25, 0.3) is 47.2 Å². The first-order chi connectivity index (χ1) is 31.0. The summed E-state index contributed by atoms with van der Waals surface area (Å²) >= 11 is 0. The normalized spacial score (nSPS) is 11.6. The molecule has 0 aliphatic rings. The molecule has 0 radical (unpaired) electrons. The molecule has 0 spiro atoms. The van der Waals surface area contributed by atoms with Crippen LogP contribution in [-0.2, 0) is 30.4 Å². The predicted molar refractivity (Wildman–Crippen MR) is 224 cm³/mol. The van der Waals surface area contributed by atoms with Gasteiger partial charge in [0.25, 0.3) is 0 Å². The fourth-order valence-corrected chi connectivity index (χ4v) is 10.3. The van der Waals surface area contributed by atoms with E-state index in [1.165, 1.54) is 78.9 Å². The van der Waals surface area contributed by atoms with E-state index in [-0.39, 0.29) is 60.6 Å². The van der Waals surface area contributed by atoms with Gasteiger partial charge in [0.2, 0.25) is 16.2 Å². The molecule has 22 heteroatoms. The summed E-state index contributed by atoms with van der Waals surface area (Å²) in [5.41, 5.74) is -1.68. The van der Waals surface area contributed by atoms with Gasteiger partial charge >= 0.3 is 47.4 Å². The van der Waals surface area contributed by atoms with Crippen LogP contribution in [0.4, 0.5) is 17.1 Å². The first-order valence-electron chi connectivity index (χ1n) is 18.3. The van der Waals surface area contributed by atoms with Crippen LogP contribution < -0.4 is 27.9 Å². The Morgan fingerprint density at radius 3 is 1.23 bits per heavy atom. The van der Waals surface area contributed by atoms with Crippen molar-refractivity contribution in [2.45, 2.75) is 14.7 Å². The van der Waals surface area contributed by atoms with E-state index in [4.69, 9.17) is 17.9 Å². The van der Waals surface area contributed by atoms with Crippen molar-refractivity contribution in [3.63, 3.8) is 0 Å². The molecule has 0 heterocycles. The Hall–Kier alpha value is -8.88. The van der Waals surface area contributed by atoms with Crippen LogP contribution in [0.1, 0.15) is 15.9 Å². The minimum atomic E-state index is -5.07. The van der Waals surface area contributed by atoms with Crippen molar-refractivity contribution in [1.29, 1.82) is 16.2 Å². The maximum Gasteiger partial charge on any atom is 0.378 e. The molecule has 0 saturated carbocycles. The predicted octanol–water partition coefficient (Wildman–Crippen LogP) is 7.35. The van der Waals surface area contributed by atoms with Crippen LogP contribution >= 0.6 is 0 Å². The van der Waals surface area contributed by atoms with E-state index < -0.39 is 85.3 Å². The first kappa shape index (κ1) is 42.8. The molecule has 8 aromatic carbocycles. The van der Waals surface area contributed by atoms with Gasteiger partial charge < -0.3 is 27.9 Å². The molecular formula is C43H22N6O13S3. The van der Waals surface area contributed by atoms with Gasteiger partial charge in [-0.2, -0.15) is 25.3 Å². The quantitative estimate of drug-likeness (QED) is 0.0695. The van der Waals surface area contributed by atoms with Gasteiger partial charge in [-0.3, -0.25) is 4.79 Å². The number of ketones is 1. The monoisotopic (exact) mass is 926 g/mol. The Labute approximate surface area is 366 Å². The van der Waals surface area contributed by atoms with Crippen molar-refractivity contribution < 1.29 is 57.9 Å². The molecule has 0 unspecified atom stereocenters. The highest BCUT2D eigenvalue weighted by atomic mass is 32.2. The fourth-order valence-electron chi connectivity index (χ4n) is 6.90. The molecule has 0 N–H and O–H groups in total. The van der Waals surface area contributed by atoms with Crippen molar-refractivity contribution in [3.8, 4) is 34.5 Å². The number of hydrogen-bond acceptors (Lipinski definition) is 16. The molecule has 320 valence electrons. The molecule has 0 fully saturated rings. The summed E-state index contributed by atoms with van der Waals surface area (Å²) in [6, 6.07) is 25.3. The van der Waals surface area contributed by atoms with Crippen molar-refractivity contribution in [2.75, 3.05) is 0 Å². The molecule has 65 heavy (non-hydrogen) atoms. The second-order valence-corrected chi connectivity index (χ2v) is 18.3. The Morgan fingerprint density at radius 1 is 0.415 bits per heavy atom. The van der Waals surface area contributed by atoms with Crippen molar-refractivity contribution >= 4 is 85.5 Å². The third kappa shape index (κ3) is 7.70. The lowest BCUT2D eigenvalue weighted by atomic mass is 10.0. The van der Waals surface area contributed by atoms with Crippen LogP contribution in [0.2, 0.25) is 0 Å². The molecule has 0 aliphatic heterocycles. The Balaban J connectivity index is 1.19. The average molecular weight is 927 g/mol. The zero-order chi connectivity index (χ0) is 46.4. The molecular weight excluding hydrogens is 905 g/mol. The summed E-state index contributed by atoms with van der Waals surface area (Å²) in [5, 5.41) is 65.2. The van der Waals surface area contributed by atoms with Gasteiger partial charge in [0.15, 0.2) is 32.2 Å². The average Bonchev–Trinajstić information content (AvgIpc) is 3.29. The fraction of sp³-hybridized carbons (Fsp3) is 0.